The highest BCUT2D eigenvalue weighted by molar-refractivity contribution is 5.69. The van der Waals surface area contributed by atoms with Crippen molar-refractivity contribution >= 4 is 6.09 Å². The van der Waals surface area contributed by atoms with Crippen LogP contribution in [0.25, 0.3) is 0 Å². The molecule has 1 heterocycles. The molecule has 1 aromatic carbocycles. The van der Waals surface area contributed by atoms with E-state index in [9.17, 15) is 18.7 Å². The van der Waals surface area contributed by atoms with Crippen molar-refractivity contribution in [2.45, 2.75) is 97.4 Å². The van der Waals surface area contributed by atoms with Crippen molar-refractivity contribution in [3.8, 4) is 0 Å². The van der Waals surface area contributed by atoms with Crippen LogP contribution in [0.2, 0.25) is 0 Å². The number of carbonyl (C=O) groups is 1. The zero-order valence-electron chi connectivity index (χ0n) is 21.3. The molecule has 1 aromatic rings. The highest BCUT2D eigenvalue weighted by Gasteiger charge is 2.46. The first-order valence-corrected chi connectivity index (χ1v) is 11.7. The quantitative estimate of drug-likeness (QED) is 0.605. The smallest absolute Gasteiger partial charge is 0.411 e. The van der Waals surface area contributed by atoms with Crippen molar-refractivity contribution in [3.05, 3.63) is 35.4 Å². The average Bonchev–Trinajstić information content (AvgIpc) is 2.68. The second kappa shape index (κ2) is 11.3. The minimum Gasteiger partial charge on any atom is -0.444 e. The topological polar surface area (TPSA) is 94.2 Å². The maximum Gasteiger partial charge on any atom is 0.411 e. The average molecular weight is 487 g/mol. The van der Waals surface area contributed by atoms with Gasteiger partial charge in [0.05, 0.1) is 31.4 Å². The molecular formula is C25H40F2N2O5. The molecule has 9 heteroatoms. The summed E-state index contributed by atoms with van der Waals surface area (Å²) < 4.78 is 44.8. The Hall–Kier alpha value is -1.81. The number of hydrogen-bond acceptors (Lipinski definition) is 6. The van der Waals surface area contributed by atoms with Gasteiger partial charge in [0.1, 0.15) is 17.2 Å². The van der Waals surface area contributed by atoms with Gasteiger partial charge in [-0.05, 0) is 56.7 Å². The number of hydrogen-bond donors (Lipinski definition) is 2. The minimum absolute atomic E-state index is 0.00918. The third-order valence-electron chi connectivity index (χ3n) is 5.39. The second-order valence-corrected chi connectivity index (χ2v) is 11.1. The molecule has 0 aromatic heterocycles. The molecule has 1 fully saturated rings. The van der Waals surface area contributed by atoms with Crippen LogP contribution in [0.15, 0.2) is 18.2 Å². The SMILES string of the molecule is CC[C@H]1[C@H](OCC(C)(C)C)OC[C@H]([C@@H](O)[C@@H](N)Cc2cc(F)cc(F)c2)N1C(=O)OC(C)(C)C. The van der Waals surface area contributed by atoms with Gasteiger partial charge in [-0.1, -0.05) is 27.7 Å². The molecule has 1 saturated heterocycles. The van der Waals surface area contributed by atoms with E-state index in [1.807, 2.05) is 27.7 Å². The zero-order valence-corrected chi connectivity index (χ0v) is 21.3. The first-order chi connectivity index (χ1) is 15.6. The van der Waals surface area contributed by atoms with Crippen LogP contribution in [0.1, 0.15) is 60.5 Å². The van der Waals surface area contributed by atoms with E-state index in [1.54, 1.807) is 20.8 Å². The number of nitrogens with two attached hydrogens (primary N) is 1. The standard InChI is InChI=1S/C25H40F2N2O5/c1-8-19-22(33-14-24(2,3)4)32-13-20(29(19)23(31)34-25(5,6)7)21(30)18(28)11-15-9-16(26)12-17(27)10-15/h9-10,12,18-22,30H,8,11,13-14,28H2,1-7H3/t18-,19-,20+,21-,22-/m0/s1. The molecule has 5 atom stereocenters. The van der Waals surface area contributed by atoms with Gasteiger partial charge in [0.25, 0.3) is 0 Å². The van der Waals surface area contributed by atoms with Gasteiger partial charge >= 0.3 is 6.09 Å². The number of aliphatic hydroxyl groups excluding tert-OH is 1. The highest BCUT2D eigenvalue weighted by Crippen LogP contribution is 2.29. The Morgan fingerprint density at radius 1 is 1.21 bits per heavy atom. The Kier molecular flexibility index (Phi) is 9.44. The fourth-order valence-corrected chi connectivity index (χ4v) is 3.90. The van der Waals surface area contributed by atoms with E-state index in [0.717, 1.165) is 6.07 Å². The Morgan fingerprint density at radius 3 is 2.29 bits per heavy atom. The molecule has 0 aliphatic carbocycles. The maximum atomic E-state index is 13.6. The minimum atomic E-state index is -1.24. The number of morpholine rings is 1. The fourth-order valence-electron chi connectivity index (χ4n) is 3.90. The van der Waals surface area contributed by atoms with Crippen LogP contribution >= 0.6 is 0 Å². The van der Waals surface area contributed by atoms with Crippen LogP contribution in [-0.4, -0.2) is 65.4 Å². The summed E-state index contributed by atoms with van der Waals surface area (Å²) in [6, 6.07) is 0.846. The summed E-state index contributed by atoms with van der Waals surface area (Å²) >= 11 is 0. The van der Waals surface area contributed by atoms with E-state index in [0.29, 0.717) is 18.6 Å². The van der Waals surface area contributed by atoms with Crippen LogP contribution in [0.3, 0.4) is 0 Å². The Morgan fingerprint density at radius 2 is 1.79 bits per heavy atom. The van der Waals surface area contributed by atoms with E-state index in [-0.39, 0.29) is 18.4 Å². The summed E-state index contributed by atoms with van der Waals surface area (Å²) in [5, 5.41) is 11.1. The van der Waals surface area contributed by atoms with Crippen molar-refractivity contribution in [1.29, 1.82) is 0 Å². The third-order valence-corrected chi connectivity index (χ3v) is 5.39. The van der Waals surface area contributed by atoms with E-state index < -0.39 is 53.8 Å². The molecule has 0 saturated carbocycles. The van der Waals surface area contributed by atoms with E-state index >= 15 is 0 Å². The number of rotatable bonds is 7. The number of halogens is 2. The van der Waals surface area contributed by atoms with Gasteiger partial charge in [0.15, 0.2) is 6.29 Å². The first-order valence-electron chi connectivity index (χ1n) is 11.7. The lowest BCUT2D eigenvalue weighted by molar-refractivity contribution is -0.237. The number of benzene rings is 1. The molecule has 1 aliphatic heterocycles. The summed E-state index contributed by atoms with van der Waals surface area (Å²) in [6.45, 7) is 13.6. The first kappa shape index (κ1) is 28.4. The Bertz CT molecular complexity index is 804. The number of nitrogens with zero attached hydrogens (tertiary/aromatic N) is 1. The number of aliphatic hydroxyl groups is 1. The van der Waals surface area contributed by atoms with Gasteiger partial charge in [-0.15, -0.1) is 0 Å². The molecule has 7 nitrogen and oxygen atoms in total. The third kappa shape index (κ3) is 8.15. The molecule has 0 spiro atoms. The largest absolute Gasteiger partial charge is 0.444 e. The fraction of sp³-hybridized carbons (Fsp3) is 0.720. The van der Waals surface area contributed by atoms with Gasteiger partial charge in [0.2, 0.25) is 0 Å². The lowest BCUT2D eigenvalue weighted by atomic mass is 9.94. The van der Waals surface area contributed by atoms with E-state index in [2.05, 4.69) is 0 Å². The van der Waals surface area contributed by atoms with Crippen molar-refractivity contribution in [2.24, 2.45) is 11.1 Å². The predicted octanol–water partition coefficient (Wildman–Crippen LogP) is 4.00. The zero-order chi connectivity index (χ0) is 25.8. The second-order valence-electron chi connectivity index (χ2n) is 11.1. The summed E-state index contributed by atoms with van der Waals surface area (Å²) in [5.74, 6) is -1.45. The normalized spacial score (nSPS) is 23.5. The highest BCUT2D eigenvalue weighted by atomic mass is 19.1. The van der Waals surface area contributed by atoms with Gasteiger partial charge < -0.3 is 25.1 Å². The monoisotopic (exact) mass is 486 g/mol. The van der Waals surface area contributed by atoms with Crippen LogP contribution < -0.4 is 5.73 Å². The molecule has 194 valence electrons. The molecule has 2 rings (SSSR count). The molecule has 34 heavy (non-hydrogen) atoms. The molecule has 0 radical (unpaired) electrons. The maximum absolute atomic E-state index is 13.6. The van der Waals surface area contributed by atoms with E-state index in [1.165, 1.54) is 17.0 Å². The van der Waals surface area contributed by atoms with Crippen molar-refractivity contribution < 1.29 is 32.9 Å². The summed E-state index contributed by atoms with van der Waals surface area (Å²) in [4.78, 5) is 14.7. The molecular weight excluding hydrogens is 446 g/mol. The van der Waals surface area contributed by atoms with Gasteiger partial charge in [0, 0.05) is 12.1 Å². The molecule has 0 unspecified atom stereocenters. The van der Waals surface area contributed by atoms with Crippen molar-refractivity contribution in [1.82, 2.24) is 4.90 Å². The number of ether oxygens (including phenoxy) is 3. The van der Waals surface area contributed by atoms with Gasteiger partial charge in [-0.3, -0.25) is 4.90 Å². The summed E-state index contributed by atoms with van der Waals surface area (Å²) in [7, 11) is 0. The predicted molar refractivity (Wildman–Crippen MR) is 125 cm³/mol. The molecule has 1 amide bonds. The van der Waals surface area contributed by atoms with Crippen LogP contribution in [0.4, 0.5) is 13.6 Å². The Balaban J connectivity index is 2.28. The summed E-state index contributed by atoms with van der Waals surface area (Å²) in [6.07, 6.45) is -2.05. The van der Waals surface area contributed by atoms with Crippen LogP contribution in [0, 0.1) is 17.0 Å². The van der Waals surface area contributed by atoms with Crippen LogP contribution in [0.5, 0.6) is 0 Å². The van der Waals surface area contributed by atoms with Gasteiger partial charge in [-0.2, -0.15) is 0 Å². The summed E-state index contributed by atoms with van der Waals surface area (Å²) in [5.41, 5.74) is 5.68. The lowest BCUT2D eigenvalue weighted by Crippen LogP contribution is -2.66. The molecule has 0 bridgehead atoms. The van der Waals surface area contributed by atoms with Gasteiger partial charge in [-0.25, -0.2) is 13.6 Å². The molecule has 1 aliphatic rings. The van der Waals surface area contributed by atoms with E-state index in [4.69, 9.17) is 19.9 Å². The van der Waals surface area contributed by atoms with Crippen molar-refractivity contribution in [2.75, 3.05) is 13.2 Å². The van der Waals surface area contributed by atoms with Crippen molar-refractivity contribution in [3.63, 3.8) is 0 Å². The van der Waals surface area contributed by atoms with Crippen LogP contribution in [-0.2, 0) is 20.6 Å². The lowest BCUT2D eigenvalue weighted by Gasteiger charge is -2.48. The number of carbonyl (C=O) groups excluding carboxylic acids is 1. The molecule has 3 N–H and O–H groups in total. The Labute approximate surface area is 201 Å². The number of amides is 1.